The molecule has 156 valence electrons. The van der Waals surface area contributed by atoms with Crippen LogP contribution in [0.15, 0.2) is 0 Å². The number of aliphatic carboxylic acids is 1. The molecule has 0 radical (unpaired) electrons. The van der Waals surface area contributed by atoms with Gasteiger partial charge in [-0.1, -0.05) is 71.1 Å². The average Bonchev–Trinajstić information content (AvgIpc) is 2.53. The van der Waals surface area contributed by atoms with Crippen molar-refractivity contribution in [3.63, 3.8) is 0 Å². The lowest BCUT2D eigenvalue weighted by atomic mass is 9.94. The molecule has 0 aliphatic carbocycles. The molecule has 0 saturated carbocycles. The van der Waals surface area contributed by atoms with Gasteiger partial charge in [0.2, 0.25) is 0 Å². The first kappa shape index (κ1) is 25.1. The van der Waals surface area contributed by atoms with Crippen LogP contribution in [0.5, 0.6) is 0 Å². The fourth-order valence-electron chi connectivity index (χ4n) is 2.97. The van der Waals surface area contributed by atoms with Gasteiger partial charge >= 0.3 is 18.1 Å². The Bertz CT molecular complexity index is 369. The summed E-state index contributed by atoms with van der Waals surface area (Å²) in [4.78, 5) is 11.2. The first-order valence-electron chi connectivity index (χ1n) is 9.79. The molecule has 0 aliphatic rings. The molecule has 0 saturated heterocycles. The molecule has 0 heterocycles. The van der Waals surface area contributed by atoms with E-state index in [1.165, 1.54) is 25.7 Å². The van der Waals surface area contributed by atoms with E-state index < -0.39 is 30.4 Å². The second kappa shape index (κ2) is 13.3. The summed E-state index contributed by atoms with van der Waals surface area (Å²) in [7, 11) is 0. The molecule has 0 aliphatic heterocycles. The number of alkyl halides is 5. The third-order valence-corrected chi connectivity index (χ3v) is 4.71. The lowest BCUT2D eigenvalue weighted by Gasteiger charge is -2.19. The molecule has 1 atom stereocenters. The fourth-order valence-corrected chi connectivity index (χ4v) is 2.97. The van der Waals surface area contributed by atoms with E-state index in [-0.39, 0.29) is 12.8 Å². The van der Waals surface area contributed by atoms with Crippen molar-refractivity contribution in [3.05, 3.63) is 0 Å². The number of carbonyl (C=O) groups is 1. The summed E-state index contributed by atoms with van der Waals surface area (Å²) in [6.45, 7) is 2.15. The van der Waals surface area contributed by atoms with Crippen LogP contribution in [0.25, 0.3) is 0 Å². The van der Waals surface area contributed by atoms with Crippen LogP contribution in [0, 0.1) is 5.92 Å². The van der Waals surface area contributed by atoms with Gasteiger partial charge in [0.25, 0.3) is 0 Å². The molecule has 0 rings (SSSR count). The topological polar surface area (TPSA) is 37.3 Å². The van der Waals surface area contributed by atoms with Gasteiger partial charge in [0.05, 0.1) is 5.92 Å². The average molecular weight is 388 g/mol. The Labute approximate surface area is 153 Å². The molecule has 7 heteroatoms. The minimum atomic E-state index is -5.49. The van der Waals surface area contributed by atoms with Crippen molar-refractivity contribution in [1.29, 1.82) is 0 Å². The molecule has 0 bridgehead atoms. The van der Waals surface area contributed by atoms with E-state index in [2.05, 4.69) is 6.92 Å². The van der Waals surface area contributed by atoms with Gasteiger partial charge in [0.15, 0.2) is 0 Å². The predicted molar refractivity (Wildman–Crippen MR) is 92.4 cm³/mol. The Morgan fingerprint density at radius 3 is 1.62 bits per heavy atom. The van der Waals surface area contributed by atoms with E-state index >= 15 is 0 Å². The zero-order valence-corrected chi connectivity index (χ0v) is 15.7. The van der Waals surface area contributed by atoms with Gasteiger partial charge < -0.3 is 5.11 Å². The zero-order valence-electron chi connectivity index (χ0n) is 15.7. The van der Waals surface area contributed by atoms with Gasteiger partial charge in [-0.25, -0.2) is 0 Å². The van der Waals surface area contributed by atoms with Gasteiger partial charge in [-0.3, -0.25) is 4.79 Å². The Hall–Kier alpha value is -0.880. The van der Waals surface area contributed by atoms with Crippen molar-refractivity contribution in [2.75, 3.05) is 0 Å². The van der Waals surface area contributed by atoms with Gasteiger partial charge in [-0.15, -0.1) is 0 Å². The fraction of sp³-hybridized carbons (Fsp3) is 0.947. The number of rotatable bonds is 16. The van der Waals surface area contributed by atoms with E-state index in [0.717, 1.165) is 19.3 Å². The van der Waals surface area contributed by atoms with E-state index in [1.54, 1.807) is 0 Å². The number of unbranched alkanes of at least 4 members (excludes halogenated alkanes) is 9. The molecule has 0 aromatic heterocycles. The Balaban J connectivity index is 3.80. The predicted octanol–water partition coefficient (Wildman–Crippen LogP) is 7.37. The minimum absolute atomic E-state index is 0.206. The smallest absolute Gasteiger partial charge is 0.453 e. The summed E-state index contributed by atoms with van der Waals surface area (Å²) in [5, 5.41) is 9.22. The molecule has 0 aromatic carbocycles. The largest absolute Gasteiger partial charge is 0.481 e. The summed E-state index contributed by atoms with van der Waals surface area (Å²) >= 11 is 0. The van der Waals surface area contributed by atoms with E-state index in [0.29, 0.717) is 25.7 Å². The van der Waals surface area contributed by atoms with Crippen LogP contribution in [0.1, 0.15) is 96.8 Å². The molecular weight excluding hydrogens is 355 g/mol. The SMILES string of the molecule is CCCCCCCCCC(CCCCCCC(F)(F)C(F)(F)F)C(=O)O. The molecular formula is C19H33F5O2. The van der Waals surface area contributed by atoms with Gasteiger partial charge in [0, 0.05) is 6.42 Å². The van der Waals surface area contributed by atoms with Crippen molar-refractivity contribution in [2.24, 2.45) is 5.92 Å². The van der Waals surface area contributed by atoms with Crippen LogP contribution in [0.2, 0.25) is 0 Å². The maximum absolute atomic E-state index is 12.7. The number of hydrogen-bond donors (Lipinski definition) is 1. The van der Waals surface area contributed by atoms with Crippen molar-refractivity contribution < 1.29 is 31.9 Å². The summed E-state index contributed by atoms with van der Waals surface area (Å²) in [5.74, 6) is -5.92. The summed E-state index contributed by atoms with van der Waals surface area (Å²) in [6.07, 6.45) is 3.25. The van der Waals surface area contributed by atoms with Crippen LogP contribution in [-0.4, -0.2) is 23.2 Å². The Morgan fingerprint density at radius 1 is 0.769 bits per heavy atom. The minimum Gasteiger partial charge on any atom is -0.481 e. The molecule has 0 spiro atoms. The molecule has 0 fully saturated rings. The van der Waals surface area contributed by atoms with Crippen LogP contribution in [0.3, 0.4) is 0 Å². The Morgan fingerprint density at radius 2 is 1.19 bits per heavy atom. The lowest BCUT2D eigenvalue weighted by Crippen LogP contribution is -2.36. The van der Waals surface area contributed by atoms with Crippen LogP contribution < -0.4 is 0 Å². The van der Waals surface area contributed by atoms with Gasteiger partial charge in [0.1, 0.15) is 0 Å². The van der Waals surface area contributed by atoms with Crippen LogP contribution in [-0.2, 0) is 4.79 Å². The lowest BCUT2D eigenvalue weighted by molar-refractivity contribution is -0.284. The van der Waals surface area contributed by atoms with E-state index in [4.69, 9.17) is 0 Å². The first-order valence-corrected chi connectivity index (χ1v) is 9.79. The highest BCUT2D eigenvalue weighted by molar-refractivity contribution is 5.69. The summed E-state index contributed by atoms with van der Waals surface area (Å²) in [6, 6.07) is 0. The van der Waals surface area contributed by atoms with Crippen molar-refractivity contribution in [3.8, 4) is 0 Å². The maximum atomic E-state index is 12.7. The quantitative estimate of drug-likeness (QED) is 0.221. The third kappa shape index (κ3) is 11.7. The first-order chi connectivity index (χ1) is 12.1. The second-order valence-corrected chi connectivity index (χ2v) is 7.10. The highest BCUT2D eigenvalue weighted by atomic mass is 19.4. The second-order valence-electron chi connectivity index (χ2n) is 7.10. The molecule has 2 nitrogen and oxygen atoms in total. The van der Waals surface area contributed by atoms with Crippen molar-refractivity contribution in [2.45, 2.75) is 109 Å². The van der Waals surface area contributed by atoms with Crippen LogP contribution >= 0.6 is 0 Å². The number of hydrogen-bond acceptors (Lipinski definition) is 1. The summed E-state index contributed by atoms with van der Waals surface area (Å²) in [5.41, 5.74) is 0. The standard InChI is InChI=1S/C19H33F5O2/c1-2-3-4-5-6-7-10-13-16(17(25)26)14-11-8-9-12-15-18(20,21)19(22,23)24/h16H,2-15H2,1H3,(H,25,26). The molecule has 0 aromatic rings. The summed E-state index contributed by atoms with van der Waals surface area (Å²) < 4.78 is 61.6. The number of carboxylic acids is 1. The highest BCUT2D eigenvalue weighted by Crippen LogP contribution is 2.39. The number of carboxylic acid groups (broad SMARTS) is 1. The van der Waals surface area contributed by atoms with Crippen molar-refractivity contribution in [1.82, 2.24) is 0 Å². The van der Waals surface area contributed by atoms with Crippen molar-refractivity contribution >= 4 is 5.97 Å². The molecule has 0 amide bonds. The maximum Gasteiger partial charge on any atom is 0.453 e. The zero-order chi connectivity index (χ0) is 20.1. The van der Waals surface area contributed by atoms with E-state index in [1.807, 2.05) is 0 Å². The third-order valence-electron chi connectivity index (χ3n) is 4.71. The van der Waals surface area contributed by atoms with Gasteiger partial charge in [-0.05, 0) is 19.3 Å². The highest BCUT2D eigenvalue weighted by Gasteiger charge is 2.56. The van der Waals surface area contributed by atoms with Gasteiger partial charge in [-0.2, -0.15) is 22.0 Å². The monoisotopic (exact) mass is 388 g/mol. The Kier molecular flexibility index (Phi) is 12.9. The molecule has 1 unspecified atom stereocenters. The molecule has 1 N–H and O–H groups in total. The normalized spacial score (nSPS) is 13.8. The molecule has 26 heavy (non-hydrogen) atoms. The van der Waals surface area contributed by atoms with Crippen LogP contribution in [0.4, 0.5) is 22.0 Å². The van der Waals surface area contributed by atoms with E-state index in [9.17, 15) is 31.9 Å². The number of halogens is 5.